The van der Waals surface area contributed by atoms with E-state index in [0.717, 1.165) is 31.4 Å². The van der Waals surface area contributed by atoms with Gasteiger partial charge in [-0.1, -0.05) is 60.1 Å². The van der Waals surface area contributed by atoms with Crippen LogP contribution in [0.4, 0.5) is 5.69 Å². The first-order chi connectivity index (χ1) is 17.9. The third-order valence-corrected chi connectivity index (χ3v) is 8.19. The molecule has 0 unspecified atom stereocenters. The van der Waals surface area contributed by atoms with Gasteiger partial charge in [-0.05, 0) is 42.3 Å². The number of anilines is 1. The molecule has 0 saturated carbocycles. The quantitative estimate of drug-likeness (QED) is 0.375. The lowest BCUT2D eigenvalue weighted by Crippen LogP contribution is -2.35. The minimum atomic E-state index is -3.92. The average Bonchev–Trinajstić information content (AvgIpc) is 3.14. The van der Waals surface area contributed by atoms with Gasteiger partial charge in [-0.2, -0.15) is 0 Å². The molecule has 2 heterocycles. The summed E-state index contributed by atoms with van der Waals surface area (Å²) in [7, 11) is -3.92. The number of nitrogens with zero attached hydrogens (tertiary/aromatic N) is 3. The van der Waals surface area contributed by atoms with Crippen LogP contribution in [0.5, 0.6) is 0 Å². The van der Waals surface area contributed by atoms with E-state index in [4.69, 9.17) is 11.6 Å². The van der Waals surface area contributed by atoms with E-state index in [9.17, 15) is 13.2 Å². The average molecular weight is 535 g/mol. The topological polar surface area (TPSA) is 82.6 Å². The van der Waals surface area contributed by atoms with Gasteiger partial charge in [0.15, 0.2) is 0 Å². The molecule has 1 fully saturated rings. The van der Waals surface area contributed by atoms with Crippen molar-refractivity contribution < 1.29 is 13.2 Å². The fourth-order valence-electron chi connectivity index (χ4n) is 4.60. The highest BCUT2D eigenvalue weighted by Crippen LogP contribution is 2.27. The molecule has 9 heteroatoms. The van der Waals surface area contributed by atoms with Crippen molar-refractivity contribution in [3.05, 3.63) is 101 Å². The largest absolute Gasteiger partial charge is 0.337 e. The van der Waals surface area contributed by atoms with Crippen molar-refractivity contribution >= 4 is 44.1 Å². The van der Waals surface area contributed by atoms with Gasteiger partial charge in [0.05, 0.1) is 21.8 Å². The van der Waals surface area contributed by atoms with Crippen molar-refractivity contribution in [1.82, 2.24) is 14.8 Å². The Morgan fingerprint density at radius 1 is 0.919 bits per heavy atom. The Kier molecular flexibility index (Phi) is 7.41. The van der Waals surface area contributed by atoms with Crippen molar-refractivity contribution in [3.8, 4) is 0 Å². The summed E-state index contributed by atoms with van der Waals surface area (Å²) in [6.07, 6.45) is 2.43. The monoisotopic (exact) mass is 534 g/mol. The number of nitrogens with one attached hydrogen (secondary N) is 1. The van der Waals surface area contributed by atoms with Gasteiger partial charge in [-0.3, -0.25) is 19.4 Å². The van der Waals surface area contributed by atoms with E-state index in [1.807, 2.05) is 35.2 Å². The number of halogens is 1. The first-order valence-electron chi connectivity index (χ1n) is 12.1. The number of sulfonamides is 1. The van der Waals surface area contributed by atoms with Gasteiger partial charge < -0.3 is 4.90 Å². The number of carbonyl (C=O) groups is 1. The van der Waals surface area contributed by atoms with Gasteiger partial charge in [0.2, 0.25) is 0 Å². The van der Waals surface area contributed by atoms with Crippen LogP contribution in [0.25, 0.3) is 10.9 Å². The molecule has 1 aromatic heterocycles. The molecule has 1 aliphatic rings. The van der Waals surface area contributed by atoms with E-state index in [0.29, 0.717) is 24.2 Å². The molecule has 1 aliphatic heterocycles. The second-order valence-electron chi connectivity index (χ2n) is 9.04. The highest BCUT2D eigenvalue weighted by molar-refractivity contribution is 7.93. The van der Waals surface area contributed by atoms with Gasteiger partial charge in [0.1, 0.15) is 4.90 Å². The molecule has 37 heavy (non-hydrogen) atoms. The maximum absolute atomic E-state index is 13.3. The Bertz CT molecular complexity index is 1520. The molecule has 1 amide bonds. The zero-order valence-corrected chi connectivity index (χ0v) is 21.8. The van der Waals surface area contributed by atoms with Gasteiger partial charge in [0.25, 0.3) is 15.9 Å². The van der Waals surface area contributed by atoms with Gasteiger partial charge in [-0.25, -0.2) is 8.42 Å². The molecule has 5 rings (SSSR count). The third-order valence-electron chi connectivity index (χ3n) is 6.46. The number of fused-ring (bicyclic) bond motifs is 1. The van der Waals surface area contributed by atoms with Crippen LogP contribution in [-0.4, -0.2) is 55.3 Å². The molecular weight excluding hydrogens is 508 g/mol. The molecule has 0 spiro atoms. The summed E-state index contributed by atoms with van der Waals surface area (Å²) in [5, 5.41) is 0.927. The second-order valence-corrected chi connectivity index (χ2v) is 11.1. The van der Waals surface area contributed by atoms with Crippen molar-refractivity contribution in [3.63, 3.8) is 0 Å². The Morgan fingerprint density at radius 2 is 1.73 bits per heavy atom. The molecule has 4 aromatic rings. The molecule has 0 radical (unpaired) electrons. The zero-order valence-electron chi connectivity index (χ0n) is 20.2. The first-order valence-corrected chi connectivity index (χ1v) is 14.0. The number of hydrogen-bond donors (Lipinski definition) is 1. The number of aromatic nitrogens is 1. The smallest absolute Gasteiger partial charge is 0.264 e. The highest BCUT2D eigenvalue weighted by atomic mass is 35.5. The lowest BCUT2D eigenvalue weighted by molar-refractivity contribution is 0.0761. The second kappa shape index (κ2) is 10.9. The summed E-state index contributed by atoms with van der Waals surface area (Å²) in [5.41, 5.74) is 2.27. The maximum atomic E-state index is 13.3. The van der Waals surface area contributed by atoms with Crippen LogP contribution in [0.1, 0.15) is 22.3 Å². The normalized spacial score (nSPS) is 14.9. The van der Waals surface area contributed by atoms with E-state index < -0.39 is 10.0 Å². The number of rotatable bonds is 6. The Morgan fingerprint density at radius 3 is 2.54 bits per heavy atom. The van der Waals surface area contributed by atoms with Gasteiger partial charge in [-0.15, -0.1) is 0 Å². The third kappa shape index (κ3) is 5.77. The highest BCUT2D eigenvalue weighted by Gasteiger charge is 2.23. The van der Waals surface area contributed by atoms with Gasteiger partial charge >= 0.3 is 0 Å². The van der Waals surface area contributed by atoms with E-state index >= 15 is 0 Å². The van der Waals surface area contributed by atoms with Gasteiger partial charge in [0, 0.05) is 44.3 Å². The summed E-state index contributed by atoms with van der Waals surface area (Å²) < 4.78 is 28.8. The standard InChI is InChI=1S/C28H27ClN4O3S/c29-25-19-23(31-37(35,36)26-11-4-9-22-10-5-14-30-27(22)26)12-13-24(25)28(34)33-16-6-15-32(17-18-33)20-21-7-2-1-3-8-21/h1-5,7-14,19,31H,6,15-18,20H2. The number of benzene rings is 3. The van der Waals surface area contributed by atoms with E-state index in [2.05, 4.69) is 26.7 Å². The number of hydrogen-bond acceptors (Lipinski definition) is 5. The lowest BCUT2D eigenvalue weighted by Gasteiger charge is -2.22. The fourth-order valence-corrected chi connectivity index (χ4v) is 6.09. The van der Waals surface area contributed by atoms with E-state index in [1.165, 1.54) is 17.7 Å². The minimum Gasteiger partial charge on any atom is -0.337 e. The summed E-state index contributed by atoms with van der Waals surface area (Å²) in [6, 6.07) is 23.5. The molecule has 7 nitrogen and oxygen atoms in total. The lowest BCUT2D eigenvalue weighted by atomic mass is 10.1. The molecule has 1 saturated heterocycles. The van der Waals surface area contributed by atoms with Crippen LogP contribution in [0.2, 0.25) is 5.02 Å². The summed E-state index contributed by atoms with van der Waals surface area (Å²) >= 11 is 6.49. The molecule has 0 bridgehead atoms. The number of amides is 1. The van der Waals surface area contributed by atoms with Crippen LogP contribution < -0.4 is 4.72 Å². The molecule has 0 atom stereocenters. The number of carbonyl (C=O) groups excluding carboxylic acids is 1. The first kappa shape index (κ1) is 25.2. The predicted molar refractivity (Wildman–Crippen MR) is 146 cm³/mol. The fraction of sp³-hybridized carbons (Fsp3) is 0.214. The SMILES string of the molecule is O=C(c1ccc(NS(=O)(=O)c2cccc3cccnc23)cc1Cl)N1CCCN(Cc2ccccc2)CC1. The Labute approximate surface area is 221 Å². The molecule has 0 aliphatic carbocycles. The summed E-state index contributed by atoms with van der Waals surface area (Å²) in [5.74, 6) is -0.153. The van der Waals surface area contributed by atoms with E-state index in [-0.39, 0.29) is 21.5 Å². The number of para-hydroxylation sites is 1. The van der Waals surface area contributed by atoms with Crippen molar-refractivity contribution in [1.29, 1.82) is 0 Å². The van der Waals surface area contributed by atoms with Crippen molar-refractivity contribution in [2.24, 2.45) is 0 Å². The maximum Gasteiger partial charge on any atom is 0.264 e. The van der Waals surface area contributed by atoms with Crippen LogP contribution >= 0.6 is 11.6 Å². The summed E-state index contributed by atoms with van der Waals surface area (Å²) in [4.78, 5) is 21.8. The molecule has 190 valence electrons. The molecule has 1 N–H and O–H groups in total. The number of pyridine rings is 1. The van der Waals surface area contributed by atoms with Crippen LogP contribution in [-0.2, 0) is 16.6 Å². The Balaban J connectivity index is 1.28. The van der Waals surface area contributed by atoms with Crippen molar-refractivity contribution in [2.45, 2.75) is 17.9 Å². The van der Waals surface area contributed by atoms with Crippen LogP contribution in [0.3, 0.4) is 0 Å². The summed E-state index contributed by atoms with van der Waals surface area (Å²) in [6.45, 7) is 3.78. The van der Waals surface area contributed by atoms with E-state index in [1.54, 1.807) is 30.5 Å². The van der Waals surface area contributed by atoms with Crippen LogP contribution in [0, 0.1) is 0 Å². The molecule has 3 aromatic carbocycles. The molecular formula is C28H27ClN4O3S. The zero-order chi connectivity index (χ0) is 25.8. The predicted octanol–water partition coefficient (Wildman–Crippen LogP) is 5.04. The van der Waals surface area contributed by atoms with Crippen LogP contribution in [0.15, 0.2) is 90.0 Å². The van der Waals surface area contributed by atoms with Crippen molar-refractivity contribution in [2.75, 3.05) is 30.9 Å². The Hall–Kier alpha value is -3.46. The minimum absolute atomic E-state index is 0.0755.